The van der Waals surface area contributed by atoms with E-state index in [1.807, 2.05) is 42.5 Å². The van der Waals surface area contributed by atoms with Crippen LogP contribution in [0.3, 0.4) is 0 Å². The van der Waals surface area contributed by atoms with Crippen molar-refractivity contribution < 1.29 is 9.53 Å². The summed E-state index contributed by atoms with van der Waals surface area (Å²) < 4.78 is 4.99. The van der Waals surface area contributed by atoms with Crippen LogP contribution in [0.4, 0.5) is 0 Å². The lowest BCUT2D eigenvalue weighted by molar-refractivity contribution is 0.0526. The third kappa shape index (κ3) is 2.88. The Labute approximate surface area is 106 Å². The molecule has 0 aliphatic heterocycles. The fourth-order valence-corrected chi connectivity index (χ4v) is 1.65. The molecule has 0 spiro atoms. The normalized spacial score (nSPS) is 10.7. The number of rotatable bonds is 4. The van der Waals surface area contributed by atoms with Crippen LogP contribution >= 0.6 is 0 Å². The molecule has 2 rings (SSSR count). The number of esters is 1. The molecule has 1 aromatic heterocycles. The van der Waals surface area contributed by atoms with Gasteiger partial charge in [-0.2, -0.15) is 0 Å². The van der Waals surface area contributed by atoms with Crippen molar-refractivity contribution in [3.63, 3.8) is 0 Å². The van der Waals surface area contributed by atoms with Crippen LogP contribution in [-0.2, 0) is 4.74 Å². The van der Waals surface area contributed by atoms with E-state index < -0.39 is 0 Å². The van der Waals surface area contributed by atoms with Crippen molar-refractivity contribution in [3.05, 3.63) is 59.4 Å². The van der Waals surface area contributed by atoms with Crippen molar-refractivity contribution in [2.75, 3.05) is 6.61 Å². The number of H-pyrrole nitrogens is 1. The quantitative estimate of drug-likeness (QED) is 0.834. The average molecular weight is 241 g/mol. The van der Waals surface area contributed by atoms with Crippen LogP contribution in [-0.4, -0.2) is 17.6 Å². The average Bonchev–Trinajstić information content (AvgIpc) is 2.86. The zero-order chi connectivity index (χ0) is 12.8. The first-order valence-electron chi connectivity index (χ1n) is 5.89. The zero-order valence-corrected chi connectivity index (χ0v) is 10.2. The number of nitrogens with one attached hydrogen (secondary N) is 1. The van der Waals surface area contributed by atoms with Crippen LogP contribution in [0.15, 0.2) is 42.6 Å². The number of aromatic amines is 1. The molecule has 0 amide bonds. The summed E-state index contributed by atoms with van der Waals surface area (Å²) in [4.78, 5) is 14.7. The molecule has 3 heteroatoms. The summed E-state index contributed by atoms with van der Waals surface area (Å²) >= 11 is 0. The van der Waals surface area contributed by atoms with Crippen LogP contribution in [0.5, 0.6) is 0 Å². The molecule has 0 atom stereocenters. The Bertz CT molecular complexity index is 541. The predicted octanol–water partition coefficient (Wildman–Crippen LogP) is 3.36. The minimum Gasteiger partial charge on any atom is -0.462 e. The van der Waals surface area contributed by atoms with Gasteiger partial charge in [-0.15, -0.1) is 0 Å². The van der Waals surface area contributed by atoms with E-state index in [-0.39, 0.29) is 5.97 Å². The molecule has 0 saturated heterocycles. The Kier molecular flexibility index (Phi) is 3.97. The van der Waals surface area contributed by atoms with Crippen molar-refractivity contribution in [1.82, 2.24) is 4.98 Å². The number of benzene rings is 1. The topological polar surface area (TPSA) is 42.1 Å². The smallest absolute Gasteiger partial charge is 0.340 e. The number of hydrogen-bond donors (Lipinski definition) is 1. The molecule has 18 heavy (non-hydrogen) atoms. The molecule has 2 aromatic rings. The fourth-order valence-electron chi connectivity index (χ4n) is 1.65. The van der Waals surface area contributed by atoms with Gasteiger partial charge in [-0.3, -0.25) is 0 Å². The van der Waals surface area contributed by atoms with Crippen molar-refractivity contribution in [2.45, 2.75) is 6.92 Å². The van der Waals surface area contributed by atoms with Crippen LogP contribution in [0, 0.1) is 0 Å². The third-order valence-electron chi connectivity index (χ3n) is 2.52. The summed E-state index contributed by atoms with van der Waals surface area (Å²) in [6.45, 7) is 2.18. The van der Waals surface area contributed by atoms with Crippen LogP contribution < -0.4 is 0 Å². The fraction of sp³-hybridized carbons (Fsp3) is 0.133. The van der Waals surface area contributed by atoms with Gasteiger partial charge in [0.05, 0.1) is 17.9 Å². The van der Waals surface area contributed by atoms with Crippen LogP contribution in [0.2, 0.25) is 0 Å². The second-order valence-electron chi connectivity index (χ2n) is 3.77. The van der Waals surface area contributed by atoms with Gasteiger partial charge >= 0.3 is 5.97 Å². The van der Waals surface area contributed by atoms with Crippen LogP contribution in [0.1, 0.15) is 28.5 Å². The molecule has 3 nitrogen and oxygen atoms in total. The maximum absolute atomic E-state index is 11.7. The molecule has 0 bridgehead atoms. The Morgan fingerprint density at radius 1 is 1.22 bits per heavy atom. The molecule has 92 valence electrons. The van der Waals surface area contributed by atoms with E-state index in [1.165, 1.54) is 0 Å². The first kappa shape index (κ1) is 12.2. The maximum Gasteiger partial charge on any atom is 0.340 e. The van der Waals surface area contributed by atoms with Gasteiger partial charge in [0.15, 0.2) is 0 Å². The number of carbonyl (C=O) groups is 1. The van der Waals surface area contributed by atoms with Crippen molar-refractivity contribution in [1.29, 1.82) is 0 Å². The summed E-state index contributed by atoms with van der Waals surface area (Å²) in [5, 5.41) is 0. The van der Waals surface area contributed by atoms with Crippen molar-refractivity contribution >= 4 is 18.1 Å². The van der Waals surface area contributed by atoms with Gasteiger partial charge in [0.2, 0.25) is 0 Å². The van der Waals surface area contributed by atoms with E-state index in [0.29, 0.717) is 12.2 Å². The number of aromatic nitrogens is 1. The predicted molar refractivity (Wildman–Crippen MR) is 72.1 cm³/mol. The molecule has 0 radical (unpaired) electrons. The van der Waals surface area contributed by atoms with Gasteiger partial charge in [0.25, 0.3) is 0 Å². The zero-order valence-electron chi connectivity index (χ0n) is 10.2. The van der Waals surface area contributed by atoms with Crippen molar-refractivity contribution in [2.24, 2.45) is 0 Å². The number of hydrogen-bond acceptors (Lipinski definition) is 2. The minimum absolute atomic E-state index is 0.300. The monoisotopic (exact) mass is 241 g/mol. The maximum atomic E-state index is 11.7. The largest absolute Gasteiger partial charge is 0.462 e. The van der Waals surface area contributed by atoms with E-state index >= 15 is 0 Å². The lowest BCUT2D eigenvalue weighted by Gasteiger charge is -2.00. The van der Waals surface area contributed by atoms with Gasteiger partial charge in [-0.05, 0) is 24.6 Å². The Morgan fingerprint density at radius 2 is 2.00 bits per heavy atom. The highest BCUT2D eigenvalue weighted by Gasteiger charge is 2.10. The summed E-state index contributed by atoms with van der Waals surface area (Å²) in [7, 11) is 0. The summed E-state index contributed by atoms with van der Waals surface area (Å²) in [5.74, 6) is -0.300. The Morgan fingerprint density at radius 3 is 2.72 bits per heavy atom. The summed E-state index contributed by atoms with van der Waals surface area (Å²) in [5.41, 5.74) is 2.41. The first-order chi connectivity index (χ1) is 8.81. The first-order valence-corrected chi connectivity index (χ1v) is 5.89. The molecule has 0 saturated carbocycles. The van der Waals surface area contributed by atoms with E-state index in [2.05, 4.69) is 4.98 Å². The molecule has 0 unspecified atom stereocenters. The van der Waals surface area contributed by atoms with Gasteiger partial charge in [0, 0.05) is 6.20 Å². The van der Waals surface area contributed by atoms with E-state index in [4.69, 9.17) is 4.74 Å². The highest BCUT2D eigenvalue weighted by molar-refractivity contribution is 5.94. The van der Waals surface area contributed by atoms with E-state index in [1.54, 1.807) is 19.2 Å². The Hall–Kier alpha value is -2.29. The molecule has 0 aliphatic carbocycles. The minimum atomic E-state index is -0.300. The second kappa shape index (κ2) is 5.87. The van der Waals surface area contributed by atoms with Crippen molar-refractivity contribution in [3.8, 4) is 0 Å². The van der Waals surface area contributed by atoms with Gasteiger partial charge in [0.1, 0.15) is 0 Å². The molecule has 0 aliphatic rings. The molecular weight excluding hydrogens is 226 g/mol. The summed E-state index contributed by atoms with van der Waals surface area (Å²) in [6.07, 6.45) is 5.56. The molecule has 1 heterocycles. The SMILES string of the molecule is CCOC(=O)c1cc[nH]c1/C=C/c1ccccc1. The van der Waals surface area contributed by atoms with E-state index in [9.17, 15) is 4.79 Å². The molecular formula is C15H15NO2. The number of carbonyl (C=O) groups excluding carboxylic acids is 1. The van der Waals surface area contributed by atoms with Crippen LogP contribution in [0.25, 0.3) is 12.2 Å². The van der Waals surface area contributed by atoms with E-state index in [0.717, 1.165) is 11.3 Å². The highest BCUT2D eigenvalue weighted by atomic mass is 16.5. The lowest BCUT2D eigenvalue weighted by Crippen LogP contribution is -2.04. The third-order valence-corrected chi connectivity index (χ3v) is 2.52. The summed E-state index contributed by atoms with van der Waals surface area (Å²) in [6, 6.07) is 11.6. The van der Waals surface area contributed by atoms with Gasteiger partial charge < -0.3 is 9.72 Å². The lowest BCUT2D eigenvalue weighted by atomic mass is 10.1. The standard InChI is InChI=1S/C15H15NO2/c1-2-18-15(17)13-10-11-16-14(13)9-8-12-6-4-3-5-7-12/h3-11,16H,2H2,1H3/b9-8+. The second-order valence-corrected chi connectivity index (χ2v) is 3.77. The van der Waals surface area contributed by atoms with Gasteiger partial charge in [-0.1, -0.05) is 36.4 Å². The number of ether oxygens (including phenoxy) is 1. The Balaban J connectivity index is 2.18. The molecule has 1 aromatic carbocycles. The molecule has 1 N–H and O–H groups in total. The van der Waals surface area contributed by atoms with Gasteiger partial charge in [-0.25, -0.2) is 4.79 Å². The molecule has 0 fully saturated rings. The highest BCUT2D eigenvalue weighted by Crippen LogP contribution is 2.12.